The standard InChI is InChI=1S/C31H28ClF6N3O3/c1-29(2,3)15-25(42)22-13-8-18(14-23(22)21-6-4-5-7-24(21)30(33,34)35)16-41-28(44)40(17-26(43)31(36,37)38)27(39-41)19-9-11-20(32)12-10-19/h4-14,26,43H,15-17H2,1-3H3/t26-/m0/s1. The van der Waals surface area contributed by atoms with Gasteiger partial charge in [0.2, 0.25) is 0 Å². The van der Waals surface area contributed by atoms with Crippen molar-refractivity contribution in [1.82, 2.24) is 14.3 Å². The number of hydrogen-bond donors (Lipinski definition) is 1. The van der Waals surface area contributed by atoms with Crippen LogP contribution in [0.2, 0.25) is 5.02 Å². The van der Waals surface area contributed by atoms with Gasteiger partial charge in [-0.3, -0.25) is 9.36 Å². The number of Topliss-reactive ketones (excluding diaryl/α,β-unsaturated/α-hetero) is 1. The van der Waals surface area contributed by atoms with Gasteiger partial charge in [-0.1, -0.05) is 62.7 Å². The van der Waals surface area contributed by atoms with Gasteiger partial charge in [0.1, 0.15) is 0 Å². The highest BCUT2D eigenvalue weighted by Crippen LogP contribution is 2.39. The average Bonchev–Trinajstić information content (AvgIpc) is 3.21. The van der Waals surface area contributed by atoms with Crippen LogP contribution < -0.4 is 5.69 Å². The van der Waals surface area contributed by atoms with Crippen LogP contribution >= 0.6 is 11.6 Å². The number of alkyl halides is 6. The average molecular weight is 640 g/mol. The number of carbonyl (C=O) groups is 1. The Bertz CT molecular complexity index is 1720. The van der Waals surface area contributed by atoms with Crippen molar-refractivity contribution in [2.24, 2.45) is 5.41 Å². The van der Waals surface area contributed by atoms with Crippen LogP contribution in [0.25, 0.3) is 22.5 Å². The number of benzene rings is 3. The zero-order valence-corrected chi connectivity index (χ0v) is 24.6. The Balaban J connectivity index is 1.85. The van der Waals surface area contributed by atoms with Gasteiger partial charge in [-0.15, -0.1) is 5.10 Å². The van der Waals surface area contributed by atoms with Gasteiger partial charge in [-0.05, 0) is 58.5 Å². The maximum absolute atomic E-state index is 14.0. The Labute approximate surface area is 253 Å². The highest BCUT2D eigenvalue weighted by Gasteiger charge is 2.39. The molecule has 13 heteroatoms. The molecule has 0 aliphatic heterocycles. The first kappa shape index (κ1) is 33.0. The number of hydrogen-bond acceptors (Lipinski definition) is 4. The van der Waals surface area contributed by atoms with Crippen LogP contribution in [0.1, 0.15) is 48.7 Å². The van der Waals surface area contributed by atoms with Crippen LogP contribution in [-0.2, 0) is 19.3 Å². The number of halogens is 7. The third kappa shape index (κ3) is 7.59. The van der Waals surface area contributed by atoms with Crippen LogP contribution in [0.15, 0.2) is 71.5 Å². The second kappa shape index (κ2) is 12.2. The predicted molar refractivity (Wildman–Crippen MR) is 153 cm³/mol. The fraction of sp³-hybridized carbons (Fsp3) is 0.323. The molecule has 0 aliphatic carbocycles. The van der Waals surface area contributed by atoms with Gasteiger partial charge in [-0.25, -0.2) is 9.48 Å². The molecule has 6 nitrogen and oxygen atoms in total. The molecule has 44 heavy (non-hydrogen) atoms. The second-order valence-corrected chi connectivity index (χ2v) is 12.0. The summed E-state index contributed by atoms with van der Waals surface area (Å²) in [7, 11) is 0. The monoisotopic (exact) mass is 639 g/mol. The molecule has 3 aromatic carbocycles. The van der Waals surface area contributed by atoms with E-state index in [2.05, 4.69) is 5.10 Å². The van der Waals surface area contributed by atoms with Crippen molar-refractivity contribution in [3.05, 3.63) is 98.9 Å². The van der Waals surface area contributed by atoms with E-state index in [1.165, 1.54) is 60.7 Å². The lowest BCUT2D eigenvalue weighted by Gasteiger charge is -2.20. The van der Waals surface area contributed by atoms with Crippen molar-refractivity contribution in [2.75, 3.05) is 0 Å². The van der Waals surface area contributed by atoms with Crippen LogP contribution in [-0.4, -0.2) is 37.5 Å². The number of rotatable bonds is 8. The first-order valence-electron chi connectivity index (χ1n) is 13.4. The smallest absolute Gasteiger partial charge is 0.382 e. The van der Waals surface area contributed by atoms with E-state index in [-0.39, 0.29) is 52.4 Å². The highest BCUT2D eigenvalue weighted by molar-refractivity contribution is 6.30. The first-order chi connectivity index (χ1) is 20.3. The molecule has 0 bridgehead atoms. The number of aliphatic hydroxyl groups excluding tert-OH is 1. The Morgan fingerprint density at radius 1 is 0.932 bits per heavy atom. The molecular weight excluding hydrogens is 612 g/mol. The summed E-state index contributed by atoms with van der Waals surface area (Å²) in [5.41, 5.74) is -2.13. The topological polar surface area (TPSA) is 77.1 Å². The molecule has 0 saturated carbocycles. The van der Waals surface area contributed by atoms with E-state index in [0.717, 1.165) is 10.7 Å². The summed E-state index contributed by atoms with van der Waals surface area (Å²) in [5.74, 6) is -0.571. The summed E-state index contributed by atoms with van der Waals surface area (Å²) in [6.45, 7) is 3.95. The van der Waals surface area contributed by atoms with Crippen LogP contribution in [0, 0.1) is 5.41 Å². The summed E-state index contributed by atoms with van der Waals surface area (Å²) < 4.78 is 83.2. The van der Waals surface area contributed by atoms with E-state index < -0.39 is 41.7 Å². The zero-order chi connectivity index (χ0) is 32.6. The van der Waals surface area contributed by atoms with E-state index in [1.54, 1.807) is 0 Å². The molecule has 0 aliphatic rings. The molecule has 0 unspecified atom stereocenters. The minimum atomic E-state index is -5.02. The Hall–Kier alpha value is -3.90. The lowest BCUT2D eigenvalue weighted by Crippen LogP contribution is -2.37. The van der Waals surface area contributed by atoms with Crippen molar-refractivity contribution in [1.29, 1.82) is 0 Å². The molecule has 0 spiro atoms. The molecule has 4 rings (SSSR count). The van der Waals surface area contributed by atoms with Crippen LogP contribution in [0.5, 0.6) is 0 Å². The second-order valence-electron chi connectivity index (χ2n) is 11.5. The maximum atomic E-state index is 14.0. The van der Waals surface area contributed by atoms with E-state index in [0.29, 0.717) is 9.59 Å². The van der Waals surface area contributed by atoms with Gasteiger partial charge >= 0.3 is 18.0 Å². The summed E-state index contributed by atoms with van der Waals surface area (Å²) in [5, 5.41) is 14.3. The van der Waals surface area contributed by atoms with Crippen molar-refractivity contribution < 1.29 is 36.2 Å². The molecule has 0 radical (unpaired) electrons. The first-order valence-corrected chi connectivity index (χ1v) is 13.7. The molecule has 1 N–H and O–H groups in total. The maximum Gasteiger partial charge on any atom is 0.417 e. The quantitative estimate of drug-likeness (QED) is 0.159. The molecule has 1 heterocycles. The summed E-state index contributed by atoms with van der Waals surface area (Å²) in [6, 6.07) is 14.7. The van der Waals surface area contributed by atoms with Gasteiger partial charge in [-0.2, -0.15) is 26.3 Å². The Kier molecular flexibility index (Phi) is 9.18. The minimum Gasteiger partial charge on any atom is -0.382 e. The lowest BCUT2D eigenvalue weighted by molar-refractivity contribution is -0.207. The third-order valence-electron chi connectivity index (χ3n) is 6.69. The van der Waals surface area contributed by atoms with Gasteiger partial charge < -0.3 is 5.11 Å². The molecule has 0 fully saturated rings. The normalized spacial score (nSPS) is 13.2. The zero-order valence-electron chi connectivity index (χ0n) is 23.8. The fourth-order valence-electron chi connectivity index (χ4n) is 4.67. The van der Waals surface area contributed by atoms with E-state index in [1.807, 2.05) is 20.8 Å². The lowest BCUT2D eigenvalue weighted by atomic mass is 9.84. The number of aromatic nitrogens is 3. The molecule has 0 saturated heterocycles. The summed E-state index contributed by atoms with van der Waals surface area (Å²) in [4.78, 5) is 26.6. The Morgan fingerprint density at radius 2 is 1.57 bits per heavy atom. The van der Waals surface area contributed by atoms with Crippen LogP contribution in [0.4, 0.5) is 26.3 Å². The predicted octanol–water partition coefficient (Wildman–Crippen LogP) is 7.64. The summed E-state index contributed by atoms with van der Waals surface area (Å²) >= 11 is 5.92. The number of nitrogens with zero attached hydrogens (tertiary/aromatic N) is 3. The van der Waals surface area contributed by atoms with Crippen molar-refractivity contribution in [2.45, 2.75) is 58.7 Å². The molecule has 234 valence electrons. The molecule has 1 atom stereocenters. The van der Waals surface area contributed by atoms with E-state index in [9.17, 15) is 41.0 Å². The van der Waals surface area contributed by atoms with Crippen molar-refractivity contribution in [3.63, 3.8) is 0 Å². The Morgan fingerprint density at radius 3 is 2.16 bits per heavy atom. The molecule has 1 aromatic heterocycles. The summed E-state index contributed by atoms with van der Waals surface area (Å²) in [6.07, 6.45) is -12.6. The van der Waals surface area contributed by atoms with Crippen molar-refractivity contribution in [3.8, 4) is 22.5 Å². The van der Waals surface area contributed by atoms with Crippen LogP contribution in [0.3, 0.4) is 0 Å². The van der Waals surface area contributed by atoms with E-state index in [4.69, 9.17) is 11.6 Å². The SMILES string of the molecule is CC(C)(C)CC(=O)c1ccc(Cn2nc(-c3ccc(Cl)cc3)n(C[C@H](O)C(F)(F)F)c2=O)cc1-c1ccccc1C(F)(F)F. The van der Waals surface area contributed by atoms with Crippen molar-refractivity contribution >= 4 is 17.4 Å². The number of carbonyl (C=O) groups excluding carboxylic acids is 1. The van der Waals surface area contributed by atoms with Gasteiger partial charge in [0.25, 0.3) is 0 Å². The third-order valence-corrected chi connectivity index (χ3v) is 6.94. The minimum absolute atomic E-state index is 0.0115. The number of ketones is 1. The van der Waals surface area contributed by atoms with Gasteiger partial charge in [0, 0.05) is 22.6 Å². The highest BCUT2D eigenvalue weighted by atomic mass is 35.5. The molecule has 4 aromatic rings. The number of aliphatic hydroxyl groups is 1. The largest absolute Gasteiger partial charge is 0.417 e. The molecular formula is C31H28ClF6N3O3. The van der Waals surface area contributed by atoms with Gasteiger partial charge in [0.05, 0.1) is 18.7 Å². The molecule has 0 amide bonds. The van der Waals surface area contributed by atoms with Gasteiger partial charge in [0.15, 0.2) is 17.7 Å². The fourth-order valence-corrected chi connectivity index (χ4v) is 4.79. The van der Waals surface area contributed by atoms with E-state index >= 15 is 0 Å².